The number of carbonyl (C=O) groups excluding carboxylic acids is 2. The Morgan fingerprint density at radius 2 is 1.91 bits per heavy atom. The number of benzene rings is 1. The van der Waals surface area contributed by atoms with Gasteiger partial charge in [-0.3, -0.25) is 14.6 Å². The van der Waals surface area contributed by atoms with Gasteiger partial charge in [-0.05, 0) is 18.1 Å². The molecule has 124 valence electrons. The van der Waals surface area contributed by atoms with E-state index in [0.717, 1.165) is 17.9 Å². The second-order valence-corrected chi connectivity index (χ2v) is 6.40. The topological polar surface area (TPSA) is 70.6 Å². The number of rotatable bonds is 4. The molecule has 0 saturated heterocycles. The van der Waals surface area contributed by atoms with Gasteiger partial charge in [0.15, 0.2) is 5.17 Å². The molecule has 0 fully saturated rings. The Hall–Kier alpha value is -1.96. The summed E-state index contributed by atoms with van der Waals surface area (Å²) in [7, 11) is 0. The molecule has 0 aromatic heterocycles. The molecular weight excluding hydrogens is 324 g/mol. The van der Waals surface area contributed by atoms with Gasteiger partial charge in [-0.25, -0.2) is 8.78 Å². The van der Waals surface area contributed by atoms with Crippen LogP contribution < -0.4 is 10.6 Å². The number of amidine groups is 1. The van der Waals surface area contributed by atoms with Crippen LogP contribution in [0.15, 0.2) is 23.2 Å². The highest BCUT2D eigenvalue weighted by Gasteiger charge is 2.28. The molecule has 5 nitrogen and oxygen atoms in total. The fourth-order valence-electron chi connectivity index (χ4n) is 2.06. The van der Waals surface area contributed by atoms with Crippen LogP contribution in [0.2, 0.25) is 0 Å². The first kappa shape index (κ1) is 17.4. The second kappa shape index (κ2) is 7.54. The summed E-state index contributed by atoms with van der Waals surface area (Å²) in [6, 6.07) is 2.23. The molecule has 2 amide bonds. The van der Waals surface area contributed by atoms with Crippen LogP contribution in [0, 0.1) is 17.6 Å². The quantitative estimate of drug-likeness (QED) is 0.879. The Morgan fingerprint density at radius 3 is 2.43 bits per heavy atom. The molecule has 23 heavy (non-hydrogen) atoms. The molecule has 0 bridgehead atoms. The van der Waals surface area contributed by atoms with Crippen molar-refractivity contribution in [3.8, 4) is 0 Å². The lowest BCUT2D eigenvalue weighted by molar-refractivity contribution is -0.122. The highest BCUT2D eigenvalue weighted by atomic mass is 32.2. The molecule has 8 heteroatoms. The molecule has 1 aromatic carbocycles. The summed E-state index contributed by atoms with van der Waals surface area (Å²) in [5.74, 6) is -2.84. The average Bonchev–Trinajstić information content (AvgIpc) is 2.97. The molecule has 1 heterocycles. The van der Waals surface area contributed by atoms with E-state index in [2.05, 4.69) is 15.6 Å². The number of thioether (sulfide) groups is 1. The average molecular weight is 341 g/mol. The first-order valence-corrected chi connectivity index (χ1v) is 8.11. The van der Waals surface area contributed by atoms with Gasteiger partial charge >= 0.3 is 0 Å². The third kappa shape index (κ3) is 4.28. The van der Waals surface area contributed by atoms with Crippen LogP contribution >= 0.6 is 11.8 Å². The van der Waals surface area contributed by atoms with Gasteiger partial charge < -0.3 is 10.6 Å². The largest absolute Gasteiger partial charge is 0.340 e. The van der Waals surface area contributed by atoms with Crippen molar-refractivity contribution in [1.82, 2.24) is 10.6 Å². The highest BCUT2D eigenvalue weighted by Crippen LogP contribution is 2.14. The minimum absolute atomic E-state index is 0.263. The molecular formula is C15H17F2N3O2S. The van der Waals surface area contributed by atoms with E-state index in [4.69, 9.17) is 0 Å². The summed E-state index contributed by atoms with van der Waals surface area (Å²) in [5, 5.41) is 5.50. The van der Waals surface area contributed by atoms with Gasteiger partial charge in [0.05, 0.1) is 6.54 Å². The molecule has 2 rings (SSSR count). The molecule has 1 aliphatic heterocycles. The Labute approximate surface area is 136 Å². The van der Waals surface area contributed by atoms with E-state index in [0.29, 0.717) is 11.7 Å². The first-order chi connectivity index (χ1) is 10.9. The van der Waals surface area contributed by atoms with Gasteiger partial charge in [0, 0.05) is 5.75 Å². The summed E-state index contributed by atoms with van der Waals surface area (Å²) >= 11 is 1.41. The van der Waals surface area contributed by atoms with Crippen molar-refractivity contribution >= 4 is 28.7 Å². The van der Waals surface area contributed by atoms with Crippen molar-refractivity contribution in [1.29, 1.82) is 0 Å². The van der Waals surface area contributed by atoms with Crippen molar-refractivity contribution in [2.24, 2.45) is 10.9 Å². The van der Waals surface area contributed by atoms with E-state index in [1.165, 1.54) is 17.8 Å². The van der Waals surface area contributed by atoms with Crippen molar-refractivity contribution in [2.45, 2.75) is 19.9 Å². The molecule has 2 N–H and O–H groups in total. The fraction of sp³-hybridized carbons (Fsp3) is 0.400. The fourth-order valence-corrected chi connectivity index (χ4v) is 2.79. The lowest BCUT2D eigenvalue weighted by Gasteiger charge is -2.21. The molecule has 1 aliphatic rings. The van der Waals surface area contributed by atoms with Crippen LogP contribution in [-0.2, 0) is 4.79 Å². The number of aliphatic imine (C=N–C) groups is 1. The van der Waals surface area contributed by atoms with Crippen LogP contribution in [0.25, 0.3) is 0 Å². The van der Waals surface area contributed by atoms with Crippen molar-refractivity contribution in [2.75, 3.05) is 12.3 Å². The normalized spacial score (nSPS) is 15.3. The summed E-state index contributed by atoms with van der Waals surface area (Å²) in [6.45, 7) is 4.08. The number of carbonyl (C=O) groups is 2. The van der Waals surface area contributed by atoms with Crippen LogP contribution in [0.3, 0.4) is 0 Å². The molecule has 0 saturated carbocycles. The maximum absolute atomic E-state index is 13.7. The zero-order chi connectivity index (χ0) is 17.0. The van der Waals surface area contributed by atoms with Crippen LogP contribution in [0.5, 0.6) is 0 Å². The van der Waals surface area contributed by atoms with E-state index in [9.17, 15) is 18.4 Å². The molecule has 0 radical (unpaired) electrons. The molecule has 0 spiro atoms. The third-order valence-electron chi connectivity index (χ3n) is 3.24. The van der Waals surface area contributed by atoms with E-state index in [-0.39, 0.29) is 5.92 Å². The number of amides is 2. The summed E-state index contributed by atoms with van der Waals surface area (Å²) in [4.78, 5) is 28.5. The molecule has 1 atom stereocenters. The predicted molar refractivity (Wildman–Crippen MR) is 85.4 cm³/mol. The lowest BCUT2D eigenvalue weighted by atomic mass is 10.0. The monoisotopic (exact) mass is 341 g/mol. The van der Waals surface area contributed by atoms with Gasteiger partial charge in [-0.1, -0.05) is 31.7 Å². The summed E-state index contributed by atoms with van der Waals surface area (Å²) < 4.78 is 27.3. The van der Waals surface area contributed by atoms with Crippen LogP contribution in [0.4, 0.5) is 8.78 Å². The number of halogens is 2. The Morgan fingerprint density at radius 1 is 1.26 bits per heavy atom. The smallest absolute Gasteiger partial charge is 0.257 e. The van der Waals surface area contributed by atoms with Crippen molar-refractivity contribution < 1.29 is 18.4 Å². The lowest BCUT2D eigenvalue weighted by Crippen LogP contribution is -2.50. The molecule has 1 unspecified atom stereocenters. The summed E-state index contributed by atoms with van der Waals surface area (Å²) in [6.07, 6.45) is 0. The number of hydrogen-bond acceptors (Lipinski definition) is 4. The first-order valence-electron chi connectivity index (χ1n) is 7.13. The maximum Gasteiger partial charge on any atom is 0.257 e. The van der Waals surface area contributed by atoms with E-state index < -0.39 is 35.1 Å². The molecule has 1 aromatic rings. The number of hydrogen-bond donors (Lipinski definition) is 2. The van der Waals surface area contributed by atoms with Crippen LogP contribution in [-0.4, -0.2) is 35.3 Å². The Bertz CT molecular complexity index is 629. The van der Waals surface area contributed by atoms with Gasteiger partial charge in [0.25, 0.3) is 5.91 Å². The number of nitrogens with one attached hydrogen (secondary N) is 2. The predicted octanol–water partition coefficient (Wildman–Crippen LogP) is 1.94. The van der Waals surface area contributed by atoms with E-state index >= 15 is 0 Å². The van der Waals surface area contributed by atoms with E-state index in [1.807, 2.05) is 0 Å². The second-order valence-electron chi connectivity index (χ2n) is 5.32. The van der Waals surface area contributed by atoms with Crippen molar-refractivity contribution in [3.05, 3.63) is 35.4 Å². The minimum Gasteiger partial charge on any atom is -0.340 e. The Balaban J connectivity index is 2.12. The number of nitrogens with zero attached hydrogens (tertiary/aromatic N) is 1. The van der Waals surface area contributed by atoms with Gasteiger partial charge in [0.1, 0.15) is 23.2 Å². The molecule has 0 aliphatic carbocycles. The summed E-state index contributed by atoms with van der Waals surface area (Å²) in [5.41, 5.74) is -0.696. The van der Waals surface area contributed by atoms with Gasteiger partial charge in [-0.15, -0.1) is 0 Å². The van der Waals surface area contributed by atoms with Crippen LogP contribution in [0.1, 0.15) is 24.2 Å². The van der Waals surface area contributed by atoms with Crippen molar-refractivity contribution in [3.63, 3.8) is 0 Å². The highest BCUT2D eigenvalue weighted by molar-refractivity contribution is 8.14. The van der Waals surface area contributed by atoms with E-state index in [1.54, 1.807) is 13.8 Å². The zero-order valence-electron chi connectivity index (χ0n) is 12.7. The maximum atomic E-state index is 13.7. The SMILES string of the molecule is CC(C)C(NC(=O)c1c(F)cccc1F)C(=O)NC1=NCCS1. The van der Waals surface area contributed by atoms with Gasteiger partial charge in [0.2, 0.25) is 5.91 Å². The van der Waals surface area contributed by atoms with Gasteiger partial charge in [-0.2, -0.15) is 0 Å². The Kier molecular flexibility index (Phi) is 5.70. The standard InChI is InChI=1S/C15H17F2N3O2S/c1-8(2)12(14(22)20-15-18-6-7-23-15)19-13(21)11-9(16)4-3-5-10(11)17/h3-5,8,12H,6-7H2,1-2H3,(H,19,21)(H,18,20,22). The zero-order valence-corrected chi connectivity index (χ0v) is 13.5. The third-order valence-corrected chi connectivity index (χ3v) is 4.13. The minimum atomic E-state index is -0.971.